The van der Waals surface area contributed by atoms with Crippen LogP contribution in [0.2, 0.25) is 0 Å². The second-order valence-electron chi connectivity index (χ2n) is 7.45. The Morgan fingerprint density at radius 1 is 1.06 bits per heavy atom. The molecule has 1 fully saturated rings. The predicted octanol–water partition coefficient (Wildman–Crippen LogP) is 1.92. The Balaban J connectivity index is 1.67. The van der Waals surface area contributed by atoms with E-state index in [1.807, 2.05) is 0 Å². The third-order valence-corrected chi connectivity index (χ3v) is 6.96. The zero-order valence-corrected chi connectivity index (χ0v) is 18.7. The molecule has 3 rings (SSSR count). The van der Waals surface area contributed by atoms with Crippen molar-refractivity contribution in [2.45, 2.75) is 30.6 Å². The predicted molar refractivity (Wildman–Crippen MR) is 119 cm³/mol. The van der Waals surface area contributed by atoms with Gasteiger partial charge < -0.3 is 20.5 Å². The number of nitrogens with two attached hydrogens (primary N) is 1. The average Bonchev–Trinajstić information content (AvgIpc) is 2.79. The van der Waals surface area contributed by atoms with Gasteiger partial charge in [-0.15, -0.1) is 0 Å². The molecule has 0 atom stereocenters. The summed E-state index contributed by atoms with van der Waals surface area (Å²) in [4.78, 5) is 23.5. The van der Waals surface area contributed by atoms with E-state index < -0.39 is 21.8 Å². The molecule has 0 unspecified atom stereocenters. The molecule has 0 bridgehead atoms. The third-order valence-electron chi connectivity index (χ3n) is 5.07. The average molecular weight is 462 g/mol. The van der Waals surface area contributed by atoms with E-state index in [2.05, 4.69) is 5.32 Å². The first kappa shape index (κ1) is 23.6. The van der Waals surface area contributed by atoms with Crippen molar-refractivity contribution in [3.8, 4) is 11.5 Å². The Morgan fingerprint density at radius 3 is 2.38 bits per heavy atom. The van der Waals surface area contributed by atoms with Crippen LogP contribution < -0.4 is 20.5 Å². The van der Waals surface area contributed by atoms with Crippen LogP contribution in [0.15, 0.2) is 47.4 Å². The number of nitrogens with zero attached hydrogens (tertiary/aromatic N) is 1. The van der Waals surface area contributed by atoms with Gasteiger partial charge >= 0.3 is 0 Å². The van der Waals surface area contributed by atoms with Crippen LogP contribution in [0.4, 0.5) is 5.69 Å². The standard InChI is InChI=1S/C22H27N3O6S/c1-30-20-10-9-18(32(28,29)25-11-3-2-4-12-25)14-19(20)24-22(27)15-31-17-7-5-16(6-8-17)13-21(23)26/h5-10,14H,2-4,11-13,15H2,1H3,(H2,23,26)(H,24,27). The van der Waals surface area contributed by atoms with Gasteiger partial charge in [0.15, 0.2) is 6.61 Å². The summed E-state index contributed by atoms with van der Waals surface area (Å²) < 4.78 is 38.1. The number of methoxy groups -OCH3 is 1. The lowest BCUT2D eigenvalue weighted by Crippen LogP contribution is -2.35. The van der Waals surface area contributed by atoms with E-state index in [1.54, 1.807) is 24.3 Å². The molecular weight excluding hydrogens is 434 g/mol. The van der Waals surface area contributed by atoms with Crippen molar-refractivity contribution in [3.05, 3.63) is 48.0 Å². The fraction of sp³-hybridized carbons (Fsp3) is 0.364. The summed E-state index contributed by atoms with van der Waals surface area (Å²) in [6.45, 7) is 0.686. The first-order valence-electron chi connectivity index (χ1n) is 10.3. The van der Waals surface area contributed by atoms with Gasteiger partial charge in [-0.05, 0) is 48.7 Å². The number of amides is 2. The number of piperidine rings is 1. The molecule has 2 aromatic carbocycles. The highest BCUT2D eigenvalue weighted by Crippen LogP contribution is 2.30. The summed E-state index contributed by atoms with van der Waals surface area (Å²) in [5.74, 6) is -0.123. The molecule has 2 aromatic rings. The molecule has 0 aromatic heterocycles. The van der Waals surface area contributed by atoms with Crippen LogP contribution in [-0.4, -0.2) is 51.3 Å². The Hall–Kier alpha value is -3.11. The Bertz CT molecular complexity index is 1060. The lowest BCUT2D eigenvalue weighted by molar-refractivity contribution is -0.118. The monoisotopic (exact) mass is 461 g/mol. The van der Waals surface area contributed by atoms with Gasteiger partial charge in [0.2, 0.25) is 15.9 Å². The lowest BCUT2D eigenvalue weighted by Gasteiger charge is -2.26. The first-order valence-corrected chi connectivity index (χ1v) is 11.7. The van der Waals surface area contributed by atoms with Gasteiger partial charge in [-0.1, -0.05) is 18.6 Å². The summed E-state index contributed by atoms with van der Waals surface area (Å²) in [6, 6.07) is 11.1. The number of hydrogen-bond donors (Lipinski definition) is 2. The highest BCUT2D eigenvalue weighted by Gasteiger charge is 2.27. The summed E-state index contributed by atoms with van der Waals surface area (Å²) in [6.07, 6.45) is 2.81. The van der Waals surface area contributed by atoms with Crippen LogP contribution in [0, 0.1) is 0 Å². The fourth-order valence-corrected chi connectivity index (χ4v) is 4.98. The summed E-state index contributed by atoms with van der Waals surface area (Å²) >= 11 is 0. The van der Waals surface area contributed by atoms with Crippen LogP contribution in [-0.2, 0) is 26.0 Å². The van der Waals surface area contributed by atoms with Crippen LogP contribution >= 0.6 is 0 Å². The number of primary amides is 1. The van der Waals surface area contributed by atoms with Gasteiger partial charge in [0.1, 0.15) is 11.5 Å². The SMILES string of the molecule is COc1ccc(S(=O)(=O)N2CCCCC2)cc1NC(=O)COc1ccc(CC(N)=O)cc1. The molecule has 0 saturated carbocycles. The van der Waals surface area contributed by atoms with E-state index in [9.17, 15) is 18.0 Å². The van der Waals surface area contributed by atoms with Gasteiger partial charge in [-0.25, -0.2) is 8.42 Å². The number of hydrogen-bond acceptors (Lipinski definition) is 6. The minimum Gasteiger partial charge on any atom is -0.495 e. The maximum atomic E-state index is 12.9. The van der Waals surface area contributed by atoms with Crippen molar-refractivity contribution >= 4 is 27.5 Å². The number of rotatable bonds is 9. The first-order chi connectivity index (χ1) is 15.3. The Morgan fingerprint density at radius 2 is 1.75 bits per heavy atom. The molecule has 172 valence electrons. The van der Waals surface area contributed by atoms with Gasteiger partial charge in [0.05, 0.1) is 24.1 Å². The number of carbonyl (C=O) groups is 2. The number of benzene rings is 2. The van der Waals surface area contributed by atoms with E-state index in [0.29, 0.717) is 24.6 Å². The van der Waals surface area contributed by atoms with Crippen molar-refractivity contribution < 1.29 is 27.5 Å². The van der Waals surface area contributed by atoms with Gasteiger partial charge in [0, 0.05) is 13.1 Å². The topological polar surface area (TPSA) is 128 Å². The second kappa shape index (κ2) is 10.5. The van der Waals surface area contributed by atoms with Crippen LogP contribution in [0.5, 0.6) is 11.5 Å². The van der Waals surface area contributed by atoms with Gasteiger partial charge in [0.25, 0.3) is 5.91 Å². The van der Waals surface area contributed by atoms with Crippen molar-refractivity contribution in [1.29, 1.82) is 0 Å². The van der Waals surface area contributed by atoms with E-state index in [4.69, 9.17) is 15.2 Å². The summed E-state index contributed by atoms with van der Waals surface area (Å²) in [5.41, 5.74) is 6.15. The number of anilines is 1. The van der Waals surface area contributed by atoms with Crippen molar-refractivity contribution in [2.24, 2.45) is 5.73 Å². The molecular formula is C22H27N3O6S. The van der Waals surface area contributed by atoms with Crippen molar-refractivity contribution in [3.63, 3.8) is 0 Å². The summed E-state index contributed by atoms with van der Waals surface area (Å²) in [5, 5.41) is 2.65. The molecule has 1 saturated heterocycles. The normalized spacial score (nSPS) is 14.5. The number of ether oxygens (including phenoxy) is 2. The molecule has 2 amide bonds. The third kappa shape index (κ3) is 5.98. The van der Waals surface area contributed by atoms with Gasteiger partial charge in [-0.2, -0.15) is 4.31 Å². The van der Waals surface area contributed by atoms with Crippen molar-refractivity contribution in [1.82, 2.24) is 4.31 Å². The van der Waals surface area contributed by atoms with Crippen LogP contribution in [0.3, 0.4) is 0 Å². The van der Waals surface area contributed by atoms with E-state index in [1.165, 1.54) is 29.6 Å². The molecule has 0 aliphatic carbocycles. The highest BCUT2D eigenvalue weighted by atomic mass is 32.2. The molecule has 10 heteroatoms. The molecule has 32 heavy (non-hydrogen) atoms. The molecule has 0 spiro atoms. The van der Waals surface area contributed by atoms with Crippen LogP contribution in [0.1, 0.15) is 24.8 Å². The molecule has 9 nitrogen and oxygen atoms in total. The largest absolute Gasteiger partial charge is 0.495 e. The highest BCUT2D eigenvalue weighted by molar-refractivity contribution is 7.89. The molecule has 0 radical (unpaired) electrons. The van der Waals surface area contributed by atoms with Crippen molar-refractivity contribution in [2.75, 3.05) is 32.1 Å². The molecule has 1 aliphatic rings. The fourth-order valence-electron chi connectivity index (χ4n) is 3.44. The van der Waals surface area contributed by atoms with E-state index in [-0.39, 0.29) is 23.6 Å². The lowest BCUT2D eigenvalue weighted by atomic mass is 10.1. The smallest absolute Gasteiger partial charge is 0.262 e. The maximum absolute atomic E-state index is 12.9. The Labute approximate surface area is 187 Å². The zero-order valence-electron chi connectivity index (χ0n) is 17.9. The Kier molecular flexibility index (Phi) is 7.70. The maximum Gasteiger partial charge on any atom is 0.262 e. The molecule has 1 aliphatic heterocycles. The zero-order chi connectivity index (χ0) is 23.1. The van der Waals surface area contributed by atoms with Gasteiger partial charge in [-0.3, -0.25) is 9.59 Å². The minimum absolute atomic E-state index is 0.0986. The quantitative estimate of drug-likeness (QED) is 0.587. The molecule has 3 N–H and O–H groups in total. The van der Waals surface area contributed by atoms with E-state index in [0.717, 1.165) is 24.8 Å². The molecule has 1 heterocycles. The van der Waals surface area contributed by atoms with Crippen LogP contribution in [0.25, 0.3) is 0 Å². The summed E-state index contributed by atoms with van der Waals surface area (Å²) in [7, 11) is -2.21. The second-order valence-corrected chi connectivity index (χ2v) is 9.39. The minimum atomic E-state index is -3.65. The number of nitrogens with one attached hydrogen (secondary N) is 1. The number of carbonyl (C=O) groups excluding carboxylic acids is 2. The number of sulfonamides is 1. The van der Waals surface area contributed by atoms with E-state index >= 15 is 0 Å².